The number of hydrogen-bond donors (Lipinski definition) is 3. The maximum Gasteiger partial charge on any atom is 0.120 e. The number of phenols is 1. The molecule has 0 unspecified atom stereocenters. The van der Waals surface area contributed by atoms with Crippen molar-refractivity contribution in [2.45, 2.75) is 6.54 Å². The van der Waals surface area contributed by atoms with Crippen LogP contribution in [0.3, 0.4) is 0 Å². The molecule has 0 saturated carbocycles. The second-order valence-electron chi connectivity index (χ2n) is 5.19. The molecule has 0 fully saturated rings. The van der Waals surface area contributed by atoms with Crippen molar-refractivity contribution in [1.29, 1.82) is 0 Å². The Kier molecular flexibility index (Phi) is 5.17. The van der Waals surface area contributed by atoms with Crippen molar-refractivity contribution in [3.05, 3.63) is 84.4 Å². The van der Waals surface area contributed by atoms with E-state index in [0.29, 0.717) is 12.2 Å². The standard InChI is InChI=1S/C19H18N4O/c24-19-12-11-18(23-22-17-9-5-2-6-10-17)13-15(19)14-20-21-16-7-3-1-4-8-16/h1-13,20-21,24H,14H2. The molecule has 3 rings (SSSR count). The highest BCUT2D eigenvalue weighted by atomic mass is 16.3. The van der Waals surface area contributed by atoms with Gasteiger partial charge in [-0.1, -0.05) is 36.4 Å². The molecule has 24 heavy (non-hydrogen) atoms. The third-order valence-corrected chi connectivity index (χ3v) is 3.39. The zero-order valence-corrected chi connectivity index (χ0v) is 13.1. The molecule has 0 heterocycles. The molecule has 0 aliphatic heterocycles. The van der Waals surface area contributed by atoms with Gasteiger partial charge in [0.15, 0.2) is 0 Å². The molecule has 0 amide bonds. The minimum atomic E-state index is 0.219. The first-order chi connectivity index (χ1) is 11.8. The lowest BCUT2D eigenvalue weighted by atomic mass is 10.2. The quantitative estimate of drug-likeness (QED) is 0.446. The van der Waals surface area contributed by atoms with E-state index in [9.17, 15) is 5.11 Å². The normalized spacial score (nSPS) is 10.8. The molecule has 120 valence electrons. The van der Waals surface area contributed by atoms with Crippen LogP contribution in [0.4, 0.5) is 17.1 Å². The van der Waals surface area contributed by atoms with E-state index in [4.69, 9.17) is 0 Å². The Morgan fingerprint density at radius 2 is 1.42 bits per heavy atom. The average Bonchev–Trinajstić information content (AvgIpc) is 2.64. The number of phenolic OH excluding ortho intramolecular Hbond substituents is 1. The van der Waals surface area contributed by atoms with Crippen molar-refractivity contribution >= 4 is 17.1 Å². The van der Waals surface area contributed by atoms with Crippen LogP contribution in [0, 0.1) is 0 Å². The molecule has 0 bridgehead atoms. The summed E-state index contributed by atoms with van der Waals surface area (Å²) in [6, 6.07) is 24.5. The molecule has 0 spiro atoms. The van der Waals surface area contributed by atoms with Crippen LogP contribution in [0.1, 0.15) is 5.56 Å². The second kappa shape index (κ2) is 7.89. The summed E-state index contributed by atoms with van der Waals surface area (Å²) in [4.78, 5) is 0. The summed E-state index contributed by atoms with van der Waals surface area (Å²) >= 11 is 0. The molecule has 3 N–H and O–H groups in total. The molecule has 0 aliphatic carbocycles. The summed E-state index contributed by atoms with van der Waals surface area (Å²) in [5.74, 6) is 0.219. The third-order valence-electron chi connectivity index (χ3n) is 3.39. The highest BCUT2D eigenvalue weighted by Gasteiger charge is 2.02. The summed E-state index contributed by atoms with van der Waals surface area (Å²) in [5, 5.41) is 18.4. The van der Waals surface area contributed by atoms with Crippen molar-refractivity contribution in [2.24, 2.45) is 10.2 Å². The molecule has 0 aromatic heterocycles. The lowest BCUT2D eigenvalue weighted by Crippen LogP contribution is -2.20. The van der Waals surface area contributed by atoms with Gasteiger partial charge in [0.05, 0.1) is 11.4 Å². The van der Waals surface area contributed by atoms with E-state index in [2.05, 4.69) is 21.1 Å². The zero-order valence-electron chi connectivity index (χ0n) is 13.1. The minimum Gasteiger partial charge on any atom is -0.508 e. The Morgan fingerprint density at radius 3 is 2.17 bits per heavy atom. The van der Waals surface area contributed by atoms with Crippen LogP contribution in [-0.2, 0) is 6.54 Å². The van der Waals surface area contributed by atoms with Crippen LogP contribution in [0.15, 0.2) is 89.1 Å². The van der Waals surface area contributed by atoms with Gasteiger partial charge in [0, 0.05) is 17.8 Å². The largest absolute Gasteiger partial charge is 0.508 e. The molecule has 0 aliphatic rings. The summed E-state index contributed by atoms with van der Waals surface area (Å²) in [5.41, 5.74) is 9.33. The Hall–Kier alpha value is -3.18. The van der Waals surface area contributed by atoms with Gasteiger partial charge in [-0.15, -0.1) is 0 Å². The van der Waals surface area contributed by atoms with Crippen LogP contribution < -0.4 is 10.9 Å². The number of nitrogens with one attached hydrogen (secondary N) is 2. The number of rotatable bonds is 6. The maximum atomic E-state index is 9.98. The molecule has 0 atom stereocenters. The number of nitrogens with zero attached hydrogens (tertiary/aromatic N) is 2. The SMILES string of the molecule is Oc1ccc(N=Nc2ccccc2)cc1CNNc1ccccc1. The van der Waals surface area contributed by atoms with E-state index in [0.717, 1.165) is 16.9 Å². The monoisotopic (exact) mass is 318 g/mol. The van der Waals surface area contributed by atoms with E-state index < -0.39 is 0 Å². The van der Waals surface area contributed by atoms with Crippen LogP contribution in [0.25, 0.3) is 0 Å². The molecule has 3 aromatic rings. The fourth-order valence-corrected chi connectivity index (χ4v) is 2.15. The molecule has 0 saturated heterocycles. The second-order valence-corrected chi connectivity index (χ2v) is 5.19. The summed E-state index contributed by atoms with van der Waals surface area (Å²) in [6.45, 7) is 0.454. The van der Waals surface area contributed by atoms with Gasteiger partial charge in [-0.25, -0.2) is 5.43 Å². The highest BCUT2D eigenvalue weighted by Crippen LogP contribution is 2.25. The van der Waals surface area contributed by atoms with Crippen molar-refractivity contribution in [2.75, 3.05) is 5.43 Å². The van der Waals surface area contributed by atoms with Gasteiger partial charge in [0.25, 0.3) is 0 Å². The van der Waals surface area contributed by atoms with E-state index in [-0.39, 0.29) is 5.75 Å². The number of aromatic hydroxyl groups is 1. The van der Waals surface area contributed by atoms with Gasteiger partial charge >= 0.3 is 0 Å². The predicted molar refractivity (Wildman–Crippen MR) is 95.6 cm³/mol. The number of hydrogen-bond acceptors (Lipinski definition) is 5. The van der Waals surface area contributed by atoms with Crippen LogP contribution in [0.2, 0.25) is 0 Å². The van der Waals surface area contributed by atoms with Crippen LogP contribution in [-0.4, -0.2) is 5.11 Å². The minimum absolute atomic E-state index is 0.219. The molecule has 3 aromatic carbocycles. The Labute approximate surface area is 140 Å². The number of hydrazine groups is 1. The Bertz CT molecular complexity index is 804. The van der Waals surface area contributed by atoms with E-state index in [1.807, 2.05) is 60.7 Å². The fourth-order valence-electron chi connectivity index (χ4n) is 2.15. The first kappa shape index (κ1) is 15.7. The van der Waals surface area contributed by atoms with E-state index in [1.54, 1.807) is 18.2 Å². The van der Waals surface area contributed by atoms with Gasteiger partial charge in [0.2, 0.25) is 0 Å². The van der Waals surface area contributed by atoms with Crippen LogP contribution in [0.5, 0.6) is 5.75 Å². The number of para-hydroxylation sites is 1. The Balaban J connectivity index is 1.64. The summed E-state index contributed by atoms with van der Waals surface area (Å²) < 4.78 is 0. The van der Waals surface area contributed by atoms with Crippen molar-refractivity contribution in [3.63, 3.8) is 0 Å². The molecule has 0 radical (unpaired) electrons. The van der Waals surface area contributed by atoms with Crippen molar-refractivity contribution < 1.29 is 5.11 Å². The zero-order chi connectivity index (χ0) is 16.6. The predicted octanol–water partition coefficient (Wildman–Crippen LogP) is 4.92. The van der Waals surface area contributed by atoms with Gasteiger partial charge < -0.3 is 10.5 Å². The van der Waals surface area contributed by atoms with Crippen LogP contribution >= 0.6 is 0 Å². The molecular formula is C19H18N4O. The molecular weight excluding hydrogens is 300 g/mol. The van der Waals surface area contributed by atoms with E-state index in [1.165, 1.54) is 0 Å². The smallest absolute Gasteiger partial charge is 0.120 e. The number of azo groups is 1. The fraction of sp³-hybridized carbons (Fsp3) is 0.0526. The highest BCUT2D eigenvalue weighted by molar-refractivity contribution is 5.48. The maximum absolute atomic E-state index is 9.98. The number of benzene rings is 3. The van der Waals surface area contributed by atoms with Crippen molar-refractivity contribution in [3.8, 4) is 5.75 Å². The van der Waals surface area contributed by atoms with E-state index >= 15 is 0 Å². The summed E-state index contributed by atoms with van der Waals surface area (Å²) in [7, 11) is 0. The average molecular weight is 318 g/mol. The first-order valence-electron chi connectivity index (χ1n) is 7.64. The van der Waals surface area contributed by atoms with Gasteiger partial charge in [0.1, 0.15) is 5.75 Å². The Morgan fingerprint density at radius 1 is 0.750 bits per heavy atom. The topological polar surface area (TPSA) is 69.0 Å². The first-order valence-corrected chi connectivity index (χ1v) is 7.64. The van der Waals surface area contributed by atoms with Crippen molar-refractivity contribution in [1.82, 2.24) is 5.43 Å². The molecule has 5 heteroatoms. The van der Waals surface area contributed by atoms with Gasteiger partial charge in [-0.05, 0) is 42.5 Å². The van der Waals surface area contributed by atoms with Gasteiger partial charge in [-0.3, -0.25) is 0 Å². The summed E-state index contributed by atoms with van der Waals surface area (Å²) in [6.07, 6.45) is 0. The lowest BCUT2D eigenvalue weighted by Gasteiger charge is -2.10. The number of anilines is 1. The molecule has 5 nitrogen and oxygen atoms in total. The lowest BCUT2D eigenvalue weighted by molar-refractivity contribution is 0.466. The third kappa shape index (κ3) is 4.41. The van der Waals surface area contributed by atoms with Gasteiger partial charge in [-0.2, -0.15) is 10.2 Å².